The molecule has 6 heteroatoms. The third-order valence-corrected chi connectivity index (χ3v) is 6.65. The van der Waals surface area contributed by atoms with E-state index in [9.17, 15) is 9.59 Å². The Morgan fingerprint density at radius 3 is 2.84 bits per heavy atom. The lowest BCUT2D eigenvalue weighted by Gasteiger charge is -2.34. The summed E-state index contributed by atoms with van der Waals surface area (Å²) >= 11 is 1.57. The summed E-state index contributed by atoms with van der Waals surface area (Å²) in [7, 11) is 0. The molecular weight excluding hydrogens is 336 g/mol. The summed E-state index contributed by atoms with van der Waals surface area (Å²) in [6.45, 7) is 5.46. The highest BCUT2D eigenvalue weighted by atomic mass is 32.2. The molecule has 1 spiro atoms. The second-order valence-electron chi connectivity index (χ2n) is 7.40. The van der Waals surface area contributed by atoms with Crippen LogP contribution >= 0.6 is 11.8 Å². The average Bonchev–Trinajstić information content (AvgIpc) is 3.23. The predicted octanol–water partition coefficient (Wildman–Crippen LogP) is 2.61. The minimum atomic E-state index is -0.601. The zero-order chi connectivity index (χ0) is 17.8. The normalized spacial score (nSPS) is 31.0. The predicted molar refractivity (Wildman–Crippen MR) is 96.4 cm³/mol. The molecule has 5 nitrogen and oxygen atoms in total. The standard InChI is InChI=1S/C19H24N2O3S/c1-12(2)14-11-24-19-8-9-20(16(19)10-17(22)21(14)19)18(23)13-6-4-5-7-15(13)25-3/h4-7,12,14,16H,8-11H2,1-3H3/t14-,16+,19-/m0/s1. The summed E-state index contributed by atoms with van der Waals surface area (Å²) in [5.74, 6) is 0.485. The zero-order valence-corrected chi connectivity index (χ0v) is 15.7. The van der Waals surface area contributed by atoms with Crippen molar-refractivity contribution in [3.63, 3.8) is 0 Å². The summed E-state index contributed by atoms with van der Waals surface area (Å²) in [6.07, 6.45) is 3.06. The number of benzene rings is 1. The van der Waals surface area contributed by atoms with Crippen LogP contribution in [0.3, 0.4) is 0 Å². The van der Waals surface area contributed by atoms with Crippen molar-refractivity contribution in [1.82, 2.24) is 9.80 Å². The van der Waals surface area contributed by atoms with Crippen molar-refractivity contribution in [2.75, 3.05) is 19.4 Å². The summed E-state index contributed by atoms with van der Waals surface area (Å²) in [4.78, 5) is 30.7. The smallest absolute Gasteiger partial charge is 0.255 e. The molecule has 3 saturated heterocycles. The first-order valence-corrected chi connectivity index (χ1v) is 10.1. The van der Waals surface area contributed by atoms with Crippen LogP contribution in [0, 0.1) is 5.92 Å². The number of thioether (sulfide) groups is 1. The SMILES string of the molecule is CSc1ccccc1C(=O)N1CC[C@@]23OC[C@@H](C(C)C)N2C(=O)C[C@@H]13. The number of ether oxygens (including phenoxy) is 1. The number of amides is 2. The molecule has 25 heavy (non-hydrogen) atoms. The van der Waals surface area contributed by atoms with Crippen molar-refractivity contribution in [1.29, 1.82) is 0 Å². The molecule has 3 atom stereocenters. The van der Waals surface area contributed by atoms with Gasteiger partial charge in [-0.2, -0.15) is 0 Å². The average molecular weight is 360 g/mol. The van der Waals surface area contributed by atoms with E-state index in [0.29, 0.717) is 31.9 Å². The second-order valence-corrected chi connectivity index (χ2v) is 8.25. The van der Waals surface area contributed by atoms with Gasteiger partial charge in [0.1, 0.15) is 0 Å². The van der Waals surface area contributed by atoms with Crippen molar-refractivity contribution in [3.05, 3.63) is 29.8 Å². The number of carbonyl (C=O) groups is 2. The van der Waals surface area contributed by atoms with Crippen LogP contribution in [0.15, 0.2) is 29.2 Å². The Morgan fingerprint density at radius 2 is 2.12 bits per heavy atom. The van der Waals surface area contributed by atoms with Crippen molar-refractivity contribution in [3.8, 4) is 0 Å². The first-order valence-electron chi connectivity index (χ1n) is 8.89. The van der Waals surface area contributed by atoms with E-state index in [2.05, 4.69) is 13.8 Å². The van der Waals surface area contributed by atoms with Gasteiger partial charge in [0.2, 0.25) is 5.91 Å². The number of carbonyl (C=O) groups excluding carboxylic acids is 2. The van der Waals surface area contributed by atoms with Crippen LogP contribution < -0.4 is 0 Å². The van der Waals surface area contributed by atoms with Gasteiger partial charge in [0, 0.05) is 17.9 Å². The number of nitrogens with zero attached hydrogens (tertiary/aromatic N) is 2. The zero-order valence-electron chi connectivity index (χ0n) is 14.9. The highest BCUT2D eigenvalue weighted by Crippen LogP contribution is 2.49. The fourth-order valence-corrected chi connectivity index (χ4v) is 5.18. The van der Waals surface area contributed by atoms with Gasteiger partial charge in [0.25, 0.3) is 5.91 Å². The molecule has 0 bridgehead atoms. The molecule has 1 aromatic rings. The van der Waals surface area contributed by atoms with E-state index in [1.54, 1.807) is 11.8 Å². The van der Waals surface area contributed by atoms with Crippen LogP contribution in [0.5, 0.6) is 0 Å². The molecule has 0 aliphatic carbocycles. The molecule has 0 unspecified atom stereocenters. The fraction of sp³-hybridized carbons (Fsp3) is 0.579. The maximum atomic E-state index is 13.2. The summed E-state index contributed by atoms with van der Waals surface area (Å²) in [5, 5.41) is 0. The Labute approximate surface area is 152 Å². The first-order chi connectivity index (χ1) is 12.0. The molecule has 0 aromatic heterocycles. The van der Waals surface area contributed by atoms with Gasteiger partial charge in [-0.15, -0.1) is 11.8 Å². The first kappa shape index (κ1) is 16.9. The van der Waals surface area contributed by atoms with Crippen molar-refractivity contribution in [2.24, 2.45) is 5.92 Å². The van der Waals surface area contributed by atoms with Gasteiger partial charge in [-0.1, -0.05) is 26.0 Å². The van der Waals surface area contributed by atoms with Crippen molar-refractivity contribution < 1.29 is 14.3 Å². The number of hydrogen-bond acceptors (Lipinski definition) is 4. The molecule has 0 N–H and O–H groups in total. The molecule has 3 aliphatic heterocycles. The van der Waals surface area contributed by atoms with Gasteiger partial charge in [0.15, 0.2) is 5.72 Å². The van der Waals surface area contributed by atoms with Gasteiger partial charge in [-0.05, 0) is 24.3 Å². The highest BCUT2D eigenvalue weighted by molar-refractivity contribution is 7.98. The molecule has 3 fully saturated rings. The third kappa shape index (κ3) is 2.34. The Hall–Kier alpha value is -1.53. The number of rotatable bonds is 3. The maximum absolute atomic E-state index is 13.2. The monoisotopic (exact) mass is 360 g/mol. The molecule has 4 rings (SSSR count). The van der Waals surface area contributed by atoms with Crippen LogP contribution in [-0.2, 0) is 9.53 Å². The Morgan fingerprint density at radius 1 is 1.36 bits per heavy atom. The molecule has 2 amide bonds. The van der Waals surface area contributed by atoms with E-state index < -0.39 is 5.72 Å². The lowest BCUT2D eigenvalue weighted by molar-refractivity contribution is -0.139. The van der Waals surface area contributed by atoms with Gasteiger partial charge in [-0.3, -0.25) is 9.59 Å². The van der Waals surface area contributed by atoms with E-state index in [-0.39, 0.29) is 23.9 Å². The van der Waals surface area contributed by atoms with Crippen LogP contribution in [0.25, 0.3) is 0 Å². The van der Waals surface area contributed by atoms with Gasteiger partial charge < -0.3 is 14.5 Å². The molecular formula is C19H24N2O3S. The topological polar surface area (TPSA) is 49.9 Å². The van der Waals surface area contributed by atoms with Crippen LogP contribution in [0.1, 0.15) is 37.0 Å². The number of likely N-dealkylation sites (tertiary alicyclic amines) is 1. The van der Waals surface area contributed by atoms with Crippen molar-refractivity contribution in [2.45, 2.75) is 49.4 Å². The van der Waals surface area contributed by atoms with Crippen molar-refractivity contribution >= 4 is 23.6 Å². The Balaban J connectivity index is 1.66. The molecule has 3 heterocycles. The second kappa shape index (κ2) is 6.02. The minimum Gasteiger partial charge on any atom is -0.351 e. The van der Waals surface area contributed by atoms with E-state index in [1.165, 1.54) is 0 Å². The quantitative estimate of drug-likeness (QED) is 0.778. The molecule has 134 valence electrons. The van der Waals surface area contributed by atoms with Gasteiger partial charge in [-0.25, -0.2) is 0 Å². The molecule has 0 radical (unpaired) electrons. The van der Waals surface area contributed by atoms with E-state index in [4.69, 9.17) is 4.74 Å². The largest absolute Gasteiger partial charge is 0.351 e. The summed E-state index contributed by atoms with van der Waals surface area (Å²) in [5.41, 5.74) is 0.118. The molecule has 3 aliphatic rings. The third-order valence-electron chi connectivity index (χ3n) is 5.86. The number of hydrogen-bond donors (Lipinski definition) is 0. The minimum absolute atomic E-state index is 0.0121. The summed E-state index contributed by atoms with van der Waals surface area (Å²) < 4.78 is 6.21. The van der Waals surface area contributed by atoms with E-state index >= 15 is 0 Å². The van der Waals surface area contributed by atoms with Crippen LogP contribution in [-0.4, -0.2) is 58.8 Å². The summed E-state index contributed by atoms with van der Waals surface area (Å²) in [6, 6.07) is 7.63. The van der Waals surface area contributed by atoms with Crippen LogP contribution in [0.4, 0.5) is 0 Å². The maximum Gasteiger partial charge on any atom is 0.255 e. The lowest BCUT2D eigenvalue weighted by atomic mass is 10.0. The lowest BCUT2D eigenvalue weighted by Crippen LogP contribution is -2.51. The molecule has 1 aromatic carbocycles. The van der Waals surface area contributed by atoms with Gasteiger partial charge >= 0.3 is 0 Å². The fourth-order valence-electron chi connectivity index (χ4n) is 4.59. The highest BCUT2D eigenvalue weighted by Gasteiger charge is 2.65. The Kier molecular flexibility index (Phi) is 4.07. The van der Waals surface area contributed by atoms with Crippen LogP contribution in [0.2, 0.25) is 0 Å². The van der Waals surface area contributed by atoms with Gasteiger partial charge in [0.05, 0.1) is 30.7 Å². The van der Waals surface area contributed by atoms with E-state index in [1.807, 2.05) is 40.3 Å². The Bertz CT molecular complexity index is 722. The van der Waals surface area contributed by atoms with E-state index in [0.717, 1.165) is 10.5 Å². The molecule has 0 saturated carbocycles.